The van der Waals surface area contributed by atoms with Crippen molar-refractivity contribution in [2.24, 2.45) is 0 Å². The molecule has 2 aliphatic rings. The predicted octanol–water partition coefficient (Wildman–Crippen LogP) is 1.79. The molecule has 0 saturated carbocycles. The number of imide groups is 1. The Hall–Kier alpha value is -2.19. The number of carbonyl (C=O) groups is 2. The molecule has 0 bridgehead atoms. The number of amides is 4. The van der Waals surface area contributed by atoms with Crippen LogP contribution in [0.5, 0.6) is 0 Å². The summed E-state index contributed by atoms with van der Waals surface area (Å²) in [5.41, 5.74) is 2.17. The molecule has 25 heavy (non-hydrogen) atoms. The third-order valence-corrected chi connectivity index (χ3v) is 4.52. The molecule has 3 rings (SSSR count). The number of nitrogens with zero attached hydrogens (tertiary/aromatic N) is 1. The van der Waals surface area contributed by atoms with Gasteiger partial charge in [-0.1, -0.05) is 29.8 Å². The highest BCUT2D eigenvalue weighted by atomic mass is 19.1. The van der Waals surface area contributed by atoms with E-state index in [4.69, 9.17) is 4.74 Å². The van der Waals surface area contributed by atoms with Gasteiger partial charge in [0.05, 0.1) is 12.6 Å². The molecule has 0 aliphatic carbocycles. The molecule has 4 amide bonds. The zero-order chi connectivity index (χ0) is 18.0. The van der Waals surface area contributed by atoms with E-state index in [2.05, 4.69) is 16.0 Å². The summed E-state index contributed by atoms with van der Waals surface area (Å²) in [6, 6.07) is 5.86. The second-order valence-corrected chi connectivity index (χ2v) is 6.45. The fraction of sp³-hybridized carbons (Fsp3) is 0.529. The summed E-state index contributed by atoms with van der Waals surface area (Å²) in [6.07, 6.45) is -1.80. The molecular formula is C17H23FN4O3. The number of aryl methyl sites for hydroxylation is 1. The van der Waals surface area contributed by atoms with Crippen LogP contribution in [0.3, 0.4) is 0 Å². The molecule has 2 saturated heterocycles. The topological polar surface area (TPSA) is 82.7 Å². The van der Waals surface area contributed by atoms with E-state index in [-0.39, 0.29) is 12.6 Å². The monoisotopic (exact) mass is 350 g/mol. The van der Waals surface area contributed by atoms with Crippen LogP contribution in [0.15, 0.2) is 24.3 Å². The molecule has 2 heterocycles. The van der Waals surface area contributed by atoms with Crippen molar-refractivity contribution in [3.63, 3.8) is 0 Å². The SMILES string of the molecule is Cc1cccc([C@H](C)NC2NC(=O)N([C@@H]3CCOC[C@@H]3F)C(=O)N2)c1. The molecule has 1 aromatic rings. The number of hydrogen-bond acceptors (Lipinski definition) is 4. The Morgan fingerprint density at radius 3 is 2.68 bits per heavy atom. The van der Waals surface area contributed by atoms with Gasteiger partial charge in [-0.15, -0.1) is 0 Å². The van der Waals surface area contributed by atoms with E-state index in [1.54, 1.807) is 0 Å². The van der Waals surface area contributed by atoms with E-state index >= 15 is 0 Å². The van der Waals surface area contributed by atoms with Gasteiger partial charge in [0.2, 0.25) is 0 Å². The molecule has 1 aromatic carbocycles. The quantitative estimate of drug-likeness (QED) is 0.773. The summed E-state index contributed by atoms with van der Waals surface area (Å²) in [5, 5.41) is 8.48. The Labute approximate surface area is 145 Å². The lowest BCUT2D eigenvalue weighted by molar-refractivity contribution is -0.0102. The number of rotatable bonds is 4. The van der Waals surface area contributed by atoms with Crippen molar-refractivity contribution in [1.82, 2.24) is 20.9 Å². The second kappa shape index (κ2) is 7.37. The second-order valence-electron chi connectivity index (χ2n) is 6.45. The number of ether oxygens (including phenoxy) is 1. The van der Waals surface area contributed by atoms with Crippen LogP contribution in [0.4, 0.5) is 14.0 Å². The fourth-order valence-corrected chi connectivity index (χ4v) is 3.17. The lowest BCUT2D eigenvalue weighted by Crippen LogP contribution is -2.71. The largest absolute Gasteiger partial charge is 0.378 e. The Morgan fingerprint density at radius 1 is 1.32 bits per heavy atom. The van der Waals surface area contributed by atoms with Gasteiger partial charge in [-0.25, -0.2) is 18.9 Å². The molecule has 7 nitrogen and oxygen atoms in total. The molecule has 2 fully saturated rings. The average Bonchev–Trinajstić information content (AvgIpc) is 2.56. The first-order valence-electron chi connectivity index (χ1n) is 8.40. The molecule has 0 spiro atoms. The zero-order valence-corrected chi connectivity index (χ0v) is 14.3. The standard InChI is InChI=1S/C17H23FN4O3/c1-10-4-3-5-12(8-10)11(2)19-15-20-16(23)22(17(24)21-15)14-6-7-25-9-13(14)18/h3-5,8,11,13-15,19H,6-7,9H2,1-2H3,(H,20,23)(H,21,24)/t11-,13-,14+/m0/s1. The summed E-state index contributed by atoms with van der Waals surface area (Å²) >= 11 is 0. The molecule has 0 aromatic heterocycles. The minimum Gasteiger partial charge on any atom is -0.378 e. The maximum atomic E-state index is 14.0. The summed E-state index contributed by atoms with van der Waals surface area (Å²) in [7, 11) is 0. The Kier molecular flexibility index (Phi) is 5.19. The summed E-state index contributed by atoms with van der Waals surface area (Å²) in [6.45, 7) is 4.16. The number of benzene rings is 1. The van der Waals surface area contributed by atoms with Crippen LogP contribution >= 0.6 is 0 Å². The van der Waals surface area contributed by atoms with Gasteiger partial charge < -0.3 is 15.4 Å². The summed E-state index contributed by atoms with van der Waals surface area (Å²) in [4.78, 5) is 25.6. The third kappa shape index (κ3) is 3.91. The highest BCUT2D eigenvalue weighted by Crippen LogP contribution is 2.20. The predicted molar refractivity (Wildman–Crippen MR) is 89.5 cm³/mol. The van der Waals surface area contributed by atoms with E-state index in [9.17, 15) is 14.0 Å². The highest BCUT2D eigenvalue weighted by molar-refractivity contribution is 5.96. The summed E-state index contributed by atoms with van der Waals surface area (Å²) < 4.78 is 19.0. The zero-order valence-electron chi connectivity index (χ0n) is 14.3. The van der Waals surface area contributed by atoms with E-state index < -0.39 is 30.6 Å². The number of alkyl halides is 1. The van der Waals surface area contributed by atoms with Crippen molar-refractivity contribution >= 4 is 12.1 Å². The van der Waals surface area contributed by atoms with E-state index in [1.165, 1.54) is 0 Å². The number of halogens is 1. The summed E-state index contributed by atoms with van der Waals surface area (Å²) in [5.74, 6) is 0. The van der Waals surface area contributed by atoms with E-state index in [0.29, 0.717) is 13.0 Å². The number of urea groups is 2. The van der Waals surface area contributed by atoms with Crippen molar-refractivity contribution in [3.05, 3.63) is 35.4 Å². The van der Waals surface area contributed by atoms with Gasteiger partial charge in [-0.3, -0.25) is 5.32 Å². The first kappa shape index (κ1) is 17.6. The van der Waals surface area contributed by atoms with Crippen LogP contribution in [0.2, 0.25) is 0 Å². The maximum Gasteiger partial charge on any atom is 0.328 e. The smallest absolute Gasteiger partial charge is 0.328 e. The molecule has 136 valence electrons. The van der Waals surface area contributed by atoms with Crippen LogP contribution in [-0.4, -0.2) is 48.7 Å². The van der Waals surface area contributed by atoms with Crippen LogP contribution in [-0.2, 0) is 4.74 Å². The lowest BCUT2D eigenvalue weighted by Gasteiger charge is -2.40. The number of hydrogen-bond donors (Lipinski definition) is 3. The first-order chi connectivity index (χ1) is 12.0. The van der Waals surface area contributed by atoms with Crippen LogP contribution in [0, 0.1) is 6.92 Å². The van der Waals surface area contributed by atoms with Crippen molar-refractivity contribution in [1.29, 1.82) is 0 Å². The lowest BCUT2D eigenvalue weighted by atomic mass is 10.1. The van der Waals surface area contributed by atoms with Gasteiger partial charge in [0, 0.05) is 12.6 Å². The average molecular weight is 350 g/mol. The Morgan fingerprint density at radius 2 is 2.04 bits per heavy atom. The van der Waals surface area contributed by atoms with Crippen molar-refractivity contribution in [3.8, 4) is 0 Å². The van der Waals surface area contributed by atoms with E-state index in [1.807, 2.05) is 38.1 Å². The molecule has 8 heteroatoms. The Bertz CT molecular complexity index is 639. The first-order valence-corrected chi connectivity index (χ1v) is 8.40. The highest BCUT2D eigenvalue weighted by Gasteiger charge is 2.41. The number of nitrogens with one attached hydrogen (secondary N) is 3. The van der Waals surface area contributed by atoms with Gasteiger partial charge >= 0.3 is 12.1 Å². The van der Waals surface area contributed by atoms with E-state index in [0.717, 1.165) is 16.0 Å². The third-order valence-electron chi connectivity index (χ3n) is 4.52. The maximum absolute atomic E-state index is 14.0. The van der Waals surface area contributed by atoms with Crippen LogP contribution in [0.25, 0.3) is 0 Å². The molecular weight excluding hydrogens is 327 g/mol. The van der Waals surface area contributed by atoms with Crippen LogP contribution < -0.4 is 16.0 Å². The normalized spacial score (nSPS) is 26.1. The molecule has 2 aliphatic heterocycles. The molecule has 3 atom stereocenters. The Balaban J connectivity index is 1.63. The molecule has 0 unspecified atom stereocenters. The minimum absolute atomic E-state index is 0.0888. The number of carbonyl (C=O) groups excluding carboxylic acids is 2. The minimum atomic E-state index is -1.37. The van der Waals surface area contributed by atoms with Gasteiger partial charge in [0.15, 0.2) is 6.29 Å². The van der Waals surface area contributed by atoms with Gasteiger partial charge in [-0.2, -0.15) is 0 Å². The fourth-order valence-electron chi connectivity index (χ4n) is 3.17. The van der Waals surface area contributed by atoms with Crippen molar-refractivity contribution in [2.75, 3.05) is 13.2 Å². The van der Waals surface area contributed by atoms with Crippen LogP contribution in [0.1, 0.15) is 30.5 Å². The van der Waals surface area contributed by atoms with Gasteiger partial charge in [0.1, 0.15) is 6.17 Å². The molecule has 3 N–H and O–H groups in total. The molecule has 0 radical (unpaired) electrons. The van der Waals surface area contributed by atoms with Gasteiger partial charge in [0.25, 0.3) is 0 Å². The van der Waals surface area contributed by atoms with Crippen molar-refractivity contribution < 1.29 is 18.7 Å². The van der Waals surface area contributed by atoms with Gasteiger partial charge in [-0.05, 0) is 25.8 Å². The van der Waals surface area contributed by atoms with Crippen molar-refractivity contribution in [2.45, 2.75) is 44.8 Å².